The van der Waals surface area contributed by atoms with E-state index >= 15 is 0 Å². The maximum Gasteiger partial charge on any atom is 0.0489 e. The van der Waals surface area contributed by atoms with Crippen LogP contribution in [0.4, 0.5) is 0 Å². The molecule has 1 nitrogen and oxygen atoms in total. The third-order valence-electron chi connectivity index (χ3n) is 2.90. The molecule has 0 fully saturated rings. The van der Waals surface area contributed by atoms with Crippen LogP contribution in [0.3, 0.4) is 0 Å². The van der Waals surface area contributed by atoms with Gasteiger partial charge in [-0.1, -0.05) is 39.0 Å². The second-order valence-electron chi connectivity index (χ2n) is 4.61. The van der Waals surface area contributed by atoms with Crippen LogP contribution in [0.2, 0.25) is 0 Å². The van der Waals surface area contributed by atoms with Crippen LogP contribution in [0.15, 0.2) is 24.4 Å². The first-order valence-corrected chi connectivity index (χ1v) is 5.80. The van der Waals surface area contributed by atoms with Crippen molar-refractivity contribution in [2.75, 3.05) is 0 Å². The normalized spacial score (nSPS) is 11.5. The number of aromatic amines is 1. The van der Waals surface area contributed by atoms with E-state index in [2.05, 4.69) is 50.2 Å². The smallest absolute Gasteiger partial charge is 0.0489 e. The van der Waals surface area contributed by atoms with Gasteiger partial charge in [0.05, 0.1) is 0 Å². The first-order chi connectivity index (χ1) is 7.22. The molecular formula is C14H19N. The molecule has 0 unspecified atom stereocenters. The van der Waals surface area contributed by atoms with Crippen molar-refractivity contribution < 1.29 is 0 Å². The van der Waals surface area contributed by atoms with Gasteiger partial charge in [0, 0.05) is 17.1 Å². The summed E-state index contributed by atoms with van der Waals surface area (Å²) in [5, 5.41) is 1.41. The van der Waals surface area contributed by atoms with Gasteiger partial charge in [0.15, 0.2) is 0 Å². The highest BCUT2D eigenvalue weighted by Gasteiger charge is 2.07. The van der Waals surface area contributed by atoms with Crippen LogP contribution in [0, 0.1) is 5.92 Å². The minimum Gasteiger partial charge on any atom is -0.361 e. The van der Waals surface area contributed by atoms with E-state index in [1.165, 1.54) is 22.0 Å². The molecule has 0 radical (unpaired) electrons. The maximum absolute atomic E-state index is 3.41. The number of hydrogen-bond acceptors (Lipinski definition) is 0. The fourth-order valence-corrected chi connectivity index (χ4v) is 2.18. The molecule has 1 heteroatoms. The first-order valence-electron chi connectivity index (χ1n) is 5.80. The number of H-pyrrole nitrogens is 1. The molecule has 0 aliphatic rings. The van der Waals surface area contributed by atoms with E-state index in [0.717, 1.165) is 12.8 Å². The average Bonchev–Trinajstić information content (AvgIpc) is 2.61. The third-order valence-corrected chi connectivity index (χ3v) is 2.90. The zero-order valence-corrected chi connectivity index (χ0v) is 9.80. The number of fused-ring (bicyclic) bond motifs is 1. The van der Waals surface area contributed by atoms with E-state index in [-0.39, 0.29) is 0 Å². The molecule has 1 aromatic heterocycles. The fourth-order valence-electron chi connectivity index (χ4n) is 2.18. The lowest BCUT2D eigenvalue weighted by Crippen LogP contribution is -1.92. The molecule has 2 rings (SSSR count). The van der Waals surface area contributed by atoms with Gasteiger partial charge < -0.3 is 4.98 Å². The number of hydrogen-bond donors (Lipinski definition) is 1. The van der Waals surface area contributed by atoms with Crippen LogP contribution in [0.1, 0.15) is 31.9 Å². The molecule has 0 aliphatic heterocycles. The summed E-state index contributed by atoms with van der Waals surface area (Å²) >= 11 is 0. The molecule has 0 atom stereocenters. The Balaban J connectivity index is 2.51. The quantitative estimate of drug-likeness (QED) is 0.774. The van der Waals surface area contributed by atoms with Gasteiger partial charge in [-0.3, -0.25) is 0 Å². The van der Waals surface area contributed by atoms with E-state index in [4.69, 9.17) is 0 Å². The average molecular weight is 201 g/mol. The summed E-state index contributed by atoms with van der Waals surface area (Å²) in [5.74, 6) is 0.717. The maximum atomic E-state index is 3.41. The fraction of sp³-hybridized carbons (Fsp3) is 0.429. The van der Waals surface area contributed by atoms with E-state index in [9.17, 15) is 0 Å². The van der Waals surface area contributed by atoms with Crippen LogP contribution in [0.25, 0.3) is 10.9 Å². The van der Waals surface area contributed by atoms with E-state index in [0.29, 0.717) is 5.92 Å². The minimum absolute atomic E-state index is 0.717. The van der Waals surface area contributed by atoms with Crippen molar-refractivity contribution in [3.63, 3.8) is 0 Å². The number of aromatic nitrogens is 1. The summed E-state index contributed by atoms with van der Waals surface area (Å²) in [6, 6.07) is 6.60. The van der Waals surface area contributed by atoms with E-state index in [1.54, 1.807) is 0 Å². The van der Waals surface area contributed by atoms with Crippen molar-refractivity contribution in [1.29, 1.82) is 0 Å². The number of nitrogens with one attached hydrogen (secondary N) is 1. The van der Waals surface area contributed by atoms with Gasteiger partial charge in [-0.2, -0.15) is 0 Å². The first kappa shape index (κ1) is 10.3. The van der Waals surface area contributed by atoms with Gasteiger partial charge in [0.2, 0.25) is 0 Å². The highest BCUT2D eigenvalue weighted by atomic mass is 14.7. The monoisotopic (exact) mass is 201 g/mol. The molecule has 0 amide bonds. The Morgan fingerprint density at radius 2 is 2.00 bits per heavy atom. The van der Waals surface area contributed by atoms with Crippen LogP contribution in [-0.2, 0) is 12.8 Å². The Hall–Kier alpha value is -1.24. The van der Waals surface area contributed by atoms with Gasteiger partial charge in [-0.25, -0.2) is 0 Å². The van der Waals surface area contributed by atoms with Crippen molar-refractivity contribution in [1.82, 2.24) is 4.98 Å². The second kappa shape index (κ2) is 4.09. The van der Waals surface area contributed by atoms with Crippen LogP contribution in [-0.4, -0.2) is 4.98 Å². The lowest BCUT2D eigenvalue weighted by Gasteiger charge is -2.03. The number of aryl methyl sites for hydroxylation is 1. The predicted octanol–water partition coefficient (Wildman–Crippen LogP) is 3.93. The zero-order chi connectivity index (χ0) is 10.8. The molecule has 1 heterocycles. The van der Waals surface area contributed by atoms with Crippen LogP contribution >= 0.6 is 0 Å². The van der Waals surface area contributed by atoms with Crippen molar-refractivity contribution in [2.24, 2.45) is 5.92 Å². The lowest BCUT2D eigenvalue weighted by molar-refractivity contribution is 0.650. The van der Waals surface area contributed by atoms with E-state index in [1.807, 2.05) is 0 Å². The van der Waals surface area contributed by atoms with Crippen molar-refractivity contribution >= 4 is 10.9 Å². The Morgan fingerprint density at radius 1 is 1.20 bits per heavy atom. The zero-order valence-electron chi connectivity index (χ0n) is 9.80. The van der Waals surface area contributed by atoms with Gasteiger partial charge >= 0.3 is 0 Å². The predicted molar refractivity (Wildman–Crippen MR) is 66.2 cm³/mol. The molecule has 15 heavy (non-hydrogen) atoms. The molecule has 0 bridgehead atoms. The Morgan fingerprint density at radius 3 is 2.67 bits per heavy atom. The summed E-state index contributed by atoms with van der Waals surface area (Å²) in [4.78, 5) is 3.41. The topological polar surface area (TPSA) is 15.8 Å². The van der Waals surface area contributed by atoms with Crippen molar-refractivity contribution in [3.05, 3.63) is 35.5 Å². The summed E-state index contributed by atoms with van der Waals surface area (Å²) in [6.45, 7) is 6.74. The van der Waals surface area contributed by atoms with Gasteiger partial charge in [0.1, 0.15) is 0 Å². The molecule has 0 aliphatic carbocycles. The van der Waals surface area contributed by atoms with Crippen molar-refractivity contribution in [3.8, 4) is 0 Å². The van der Waals surface area contributed by atoms with Gasteiger partial charge in [-0.05, 0) is 29.9 Å². The molecule has 2 aromatic rings. The standard InChI is InChI=1S/C14H19N/c1-4-11-6-5-7-13-12(8-10(2)3)9-15-14(11)13/h5-7,9-10,15H,4,8H2,1-3H3. The molecule has 0 saturated carbocycles. The second-order valence-corrected chi connectivity index (χ2v) is 4.61. The highest BCUT2D eigenvalue weighted by molar-refractivity contribution is 5.86. The van der Waals surface area contributed by atoms with Gasteiger partial charge in [-0.15, -0.1) is 0 Å². The Labute approximate surface area is 91.5 Å². The summed E-state index contributed by atoms with van der Waals surface area (Å²) < 4.78 is 0. The minimum atomic E-state index is 0.717. The summed E-state index contributed by atoms with van der Waals surface area (Å²) in [6.07, 6.45) is 4.43. The third kappa shape index (κ3) is 1.92. The van der Waals surface area contributed by atoms with E-state index < -0.39 is 0 Å². The molecule has 0 saturated heterocycles. The van der Waals surface area contributed by atoms with Crippen LogP contribution in [0.5, 0.6) is 0 Å². The SMILES string of the molecule is CCc1cccc2c(CC(C)C)c[nH]c12. The van der Waals surface area contributed by atoms with Crippen LogP contribution < -0.4 is 0 Å². The molecule has 0 spiro atoms. The molecule has 80 valence electrons. The Bertz CT molecular complexity index is 451. The van der Waals surface area contributed by atoms with Gasteiger partial charge in [0.25, 0.3) is 0 Å². The van der Waals surface area contributed by atoms with Crippen molar-refractivity contribution in [2.45, 2.75) is 33.6 Å². The molecule has 1 N–H and O–H groups in total. The number of para-hydroxylation sites is 1. The number of benzene rings is 1. The largest absolute Gasteiger partial charge is 0.361 e. The number of rotatable bonds is 3. The molecular weight excluding hydrogens is 182 g/mol. The Kier molecular flexibility index (Phi) is 2.81. The summed E-state index contributed by atoms with van der Waals surface area (Å²) in [5.41, 5.74) is 4.20. The summed E-state index contributed by atoms with van der Waals surface area (Å²) in [7, 11) is 0. The molecule has 1 aromatic carbocycles. The lowest BCUT2D eigenvalue weighted by atomic mass is 10.0. The highest BCUT2D eigenvalue weighted by Crippen LogP contribution is 2.24.